The first-order valence-corrected chi connectivity index (χ1v) is 27.6. The number of aromatic hydroxyl groups is 1. The summed E-state index contributed by atoms with van der Waals surface area (Å²) in [4.78, 5) is 16.0. The number of nitrogens with zero attached hydrogens (tertiary/aromatic N) is 2. The summed E-state index contributed by atoms with van der Waals surface area (Å²) in [5.41, 5.74) is 13.3. The molecule has 3 saturated heterocycles. The van der Waals surface area contributed by atoms with Gasteiger partial charge in [-0.25, -0.2) is 0 Å². The first-order chi connectivity index (χ1) is 36.1. The topological polar surface area (TPSA) is 80.7 Å². The summed E-state index contributed by atoms with van der Waals surface area (Å²) in [6.45, 7) is 12.3. The predicted molar refractivity (Wildman–Crippen MR) is 300 cm³/mol. The molecule has 5 aliphatic rings. The molecule has 1 N–H and O–H groups in total. The van der Waals surface area contributed by atoms with E-state index in [0.29, 0.717) is 29.4 Å². The van der Waals surface area contributed by atoms with Crippen LogP contribution in [0.4, 0.5) is 11.4 Å². The number of carbonyl (C=O) groups excluding carboxylic acids is 1. The Balaban J connectivity index is 0.000000168. The lowest BCUT2D eigenvalue weighted by molar-refractivity contribution is -0.141. The lowest BCUT2D eigenvalue weighted by Gasteiger charge is -2.37. The third kappa shape index (κ3) is 13.1. The highest BCUT2D eigenvalue weighted by Crippen LogP contribution is 2.49. The van der Waals surface area contributed by atoms with Gasteiger partial charge in [0, 0.05) is 88.7 Å². The number of methoxy groups -OCH3 is 2. The molecule has 3 fully saturated rings. The van der Waals surface area contributed by atoms with Gasteiger partial charge in [0.25, 0.3) is 0 Å². The number of benzene rings is 6. The molecule has 0 bridgehead atoms. The van der Waals surface area contributed by atoms with Crippen LogP contribution in [0.3, 0.4) is 0 Å². The molecule has 11 rings (SSSR count). The second kappa shape index (κ2) is 25.1. The van der Waals surface area contributed by atoms with Crippen molar-refractivity contribution in [1.82, 2.24) is 0 Å². The highest BCUT2D eigenvalue weighted by molar-refractivity contribution is 5.57. The smallest absolute Gasteiger partial charge is 0.159 e. The third-order valence-corrected chi connectivity index (χ3v) is 16.2. The van der Waals surface area contributed by atoms with Crippen LogP contribution in [-0.2, 0) is 31.8 Å². The normalized spacial score (nSPS) is 21.1. The molecule has 8 nitrogen and oxygen atoms in total. The van der Waals surface area contributed by atoms with Crippen molar-refractivity contribution in [1.29, 1.82) is 0 Å². The first kappa shape index (κ1) is 52.9. The highest BCUT2D eigenvalue weighted by atomic mass is 16.7. The van der Waals surface area contributed by atoms with E-state index < -0.39 is 0 Å². The fraction of sp³-hybridized carbons (Fsp3) is 0.439. The molecule has 74 heavy (non-hydrogen) atoms. The Morgan fingerprint density at radius 3 is 1.49 bits per heavy atom. The quantitative estimate of drug-likeness (QED) is 0.102. The molecule has 0 unspecified atom stereocenters. The van der Waals surface area contributed by atoms with E-state index in [0.717, 1.165) is 103 Å². The van der Waals surface area contributed by atoms with Crippen molar-refractivity contribution in [2.75, 3.05) is 63.4 Å². The molecular formula is C66H80N2O6. The Morgan fingerprint density at radius 2 is 1.04 bits per heavy atom. The Kier molecular flexibility index (Phi) is 17.9. The zero-order valence-corrected chi connectivity index (χ0v) is 44.7. The average molecular weight is 997 g/mol. The summed E-state index contributed by atoms with van der Waals surface area (Å²) in [5.74, 6) is 3.48. The van der Waals surface area contributed by atoms with Gasteiger partial charge < -0.3 is 38.6 Å². The molecule has 3 aliphatic heterocycles. The number of carbonyl (C=O) groups is 1. The summed E-state index contributed by atoms with van der Waals surface area (Å²) in [6.07, 6.45) is 11.9. The molecule has 2 aliphatic carbocycles. The van der Waals surface area contributed by atoms with Crippen LogP contribution in [0.15, 0.2) is 146 Å². The van der Waals surface area contributed by atoms with Gasteiger partial charge in [0.1, 0.15) is 23.4 Å². The summed E-state index contributed by atoms with van der Waals surface area (Å²) in [5, 5.41) is 10.0. The van der Waals surface area contributed by atoms with Gasteiger partial charge >= 0.3 is 0 Å². The maximum Gasteiger partial charge on any atom is 0.159 e. The van der Waals surface area contributed by atoms with Crippen LogP contribution in [0.1, 0.15) is 140 Å². The van der Waals surface area contributed by atoms with Crippen molar-refractivity contribution in [2.24, 2.45) is 11.8 Å². The van der Waals surface area contributed by atoms with Gasteiger partial charge in [-0.2, -0.15) is 0 Å². The minimum absolute atomic E-state index is 0.102. The number of aryl methyl sites for hydroxylation is 2. The minimum Gasteiger partial charge on any atom is -0.508 e. The summed E-state index contributed by atoms with van der Waals surface area (Å²) >= 11 is 0. The lowest BCUT2D eigenvalue weighted by Crippen LogP contribution is -2.39. The Bertz CT molecular complexity index is 2650. The van der Waals surface area contributed by atoms with E-state index in [-0.39, 0.29) is 23.7 Å². The molecule has 0 aromatic heterocycles. The first-order valence-electron chi connectivity index (χ1n) is 27.6. The van der Waals surface area contributed by atoms with E-state index in [2.05, 4.69) is 164 Å². The average Bonchev–Trinajstić information content (AvgIpc) is 4.05. The largest absolute Gasteiger partial charge is 0.508 e. The zero-order chi connectivity index (χ0) is 51.4. The van der Waals surface area contributed by atoms with Gasteiger partial charge in [-0.05, 0) is 190 Å². The van der Waals surface area contributed by atoms with Crippen molar-refractivity contribution >= 4 is 17.7 Å². The summed E-state index contributed by atoms with van der Waals surface area (Å²) in [6, 6.07) is 53.0. The number of aldehydes is 1. The van der Waals surface area contributed by atoms with E-state index in [1.54, 1.807) is 14.2 Å². The van der Waals surface area contributed by atoms with E-state index >= 15 is 0 Å². The molecular weight excluding hydrogens is 917 g/mol. The Morgan fingerprint density at radius 1 is 0.568 bits per heavy atom. The van der Waals surface area contributed by atoms with Crippen molar-refractivity contribution in [3.63, 3.8) is 0 Å². The van der Waals surface area contributed by atoms with Crippen molar-refractivity contribution in [3.8, 4) is 11.5 Å². The van der Waals surface area contributed by atoms with Crippen molar-refractivity contribution < 1.29 is 28.8 Å². The molecule has 3 heterocycles. The van der Waals surface area contributed by atoms with Gasteiger partial charge in [-0.3, -0.25) is 0 Å². The summed E-state index contributed by atoms with van der Waals surface area (Å²) in [7, 11) is 3.48. The van der Waals surface area contributed by atoms with Gasteiger partial charge in [0.15, 0.2) is 6.29 Å². The number of hydrogen-bond donors (Lipinski definition) is 1. The molecule has 0 spiro atoms. The fourth-order valence-corrected chi connectivity index (χ4v) is 12.5. The molecule has 6 aromatic rings. The second-order valence-electron chi connectivity index (χ2n) is 22.2. The van der Waals surface area contributed by atoms with E-state index in [1.807, 2.05) is 12.1 Å². The molecule has 4 atom stereocenters. The van der Waals surface area contributed by atoms with Crippen LogP contribution in [0.25, 0.3) is 0 Å². The highest BCUT2D eigenvalue weighted by Gasteiger charge is 2.35. The van der Waals surface area contributed by atoms with Gasteiger partial charge in [-0.15, -0.1) is 0 Å². The number of rotatable bonds is 11. The Labute approximate surface area is 442 Å². The van der Waals surface area contributed by atoms with Crippen LogP contribution in [0.2, 0.25) is 0 Å². The number of ether oxygens (including phenoxy) is 4. The molecule has 8 heteroatoms. The lowest BCUT2D eigenvalue weighted by atomic mass is 9.69. The van der Waals surface area contributed by atoms with E-state index in [1.165, 1.54) is 68.7 Å². The van der Waals surface area contributed by atoms with Crippen molar-refractivity contribution in [2.45, 2.75) is 121 Å². The van der Waals surface area contributed by atoms with Crippen LogP contribution in [0, 0.1) is 11.8 Å². The standard InChI is InChI=1S/C34H43NO3.C28H29NO2.C4H8O/c1-34(2,3)38-29-16-18-31-27(23-29)13-17-30(24-9-7-6-8-10-24)32(31)25-11-14-28(15-12-25)35-21-19-26(20-22-35)33(36-4)37-5;30-19-20-14-16-29(17-15-20)24-9-6-22(7-10-24)28-26(21-4-2-1-3-5-21)12-8-23-18-25(31)11-13-27(23)28;1-2-4-5-3-1/h6-12,14-16,18,23,26,30,32-33H,13,17,19-22H2,1-5H3;1-7,9-11,13,18-20,26,28,31H,8,12,14-17H2;1-4H2/t30-,32+;26-,28+;/m11./s1. The Hall–Kier alpha value is -5.93. The maximum atomic E-state index is 11.1. The monoisotopic (exact) mass is 997 g/mol. The third-order valence-electron chi connectivity index (χ3n) is 16.2. The maximum absolute atomic E-state index is 11.1. The van der Waals surface area contributed by atoms with Crippen molar-refractivity contribution in [3.05, 3.63) is 190 Å². The van der Waals surface area contributed by atoms with Gasteiger partial charge in [-0.1, -0.05) is 97.1 Å². The van der Waals surface area contributed by atoms with E-state index in [9.17, 15) is 9.90 Å². The molecule has 0 radical (unpaired) electrons. The number of hydrogen-bond acceptors (Lipinski definition) is 8. The molecule has 390 valence electrons. The number of fused-ring (bicyclic) bond motifs is 2. The minimum atomic E-state index is -0.201. The van der Waals surface area contributed by atoms with Crippen LogP contribution >= 0.6 is 0 Å². The molecule has 0 saturated carbocycles. The predicted octanol–water partition coefficient (Wildman–Crippen LogP) is 14.0. The number of phenolic OH excluding ortho intramolecular Hbond substituents is 1. The van der Waals surface area contributed by atoms with Crippen LogP contribution in [0.5, 0.6) is 11.5 Å². The van der Waals surface area contributed by atoms with Gasteiger partial charge in [0.2, 0.25) is 0 Å². The molecule has 6 aromatic carbocycles. The fourth-order valence-electron chi connectivity index (χ4n) is 12.5. The number of piperidine rings is 2. The number of phenols is 1. The number of anilines is 2. The SMILES string of the molecule is C1CCOC1.COC(OC)C1CCN(c2ccc([C@@H]3c4ccc(OC(C)(C)C)cc4CC[C@@H]3c3ccccc3)cc2)CC1.O=CC1CCN(c2ccc([C@@H]3c4ccc(O)cc4CC[C@@H]3c3ccccc3)cc2)CC1. The molecule has 0 amide bonds. The van der Waals surface area contributed by atoms with Crippen LogP contribution < -0.4 is 14.5 Å². The van der Waals surface area contributed by atoms with Gasteiger partial charge in [0.05, 0.1) is 0 Å². The van der Waals surface area contributed by atoms with E-state index in [4.69, 9.17) is 18.9 Å². The second-order valence-corrected chi connectivity index (χ2v) is 22.2. The zero-order valence-electron chi connectivity index (χ0n) is 44.7. The van der Waals surface area contributed by atoms with Crippen LogP contribution in [-0.4, -0.2) is 76.9 Å². The summed E-state index contributed by atoms with van der Waals surface area (Å²) < 4.78 is 22.2.